The van der Waals surface area contributed by atoms with E-state index in [1.54, 1.807) is 0 Å². The maximum absolute atomic E-state index is 12.4. The molecule has 7 nitrogen and oxygen atoms in total. The fourth-order valence-electron chi connectivity index (χ4n) is 2.82. The van der Waals surface area contributed by atoms with Crippen molar-refractivity contribution in [3.8, 4) is 0 Å². The molecule has 2 heterocycles. The molecule has 1 saturated heterocycles. The van der Waals surface area contributed by atoms with Crippen LogP contribution in [0.15, 0.2) is 24.3 Å². The number of imide groups is 1. The molecule has 0 unspecified atom stereocenters. The van der Waals surface area contributed by atoms with E-state index in [0.29, 0.717) is 6.54 Å². The van der Waals surface area contributed by atoms with E-state index in [1.807, 2.05) is 24.3 Å². The zero-order valence-electron chi connectivity index (χ0n) is 13.0. The molecule has 0 bridgehead atoms. The summed E-state index contributed by atoms with van der Waals surface area (Å²) < 4.78 is 0. The molecule has 126 valence electrons. The molecule has 0 radical (unpaired) electrons. The number of rotatable bonds is 3. The van der Waals surface area contributed by atoms with Crippen molar-refractivity contribution in [3.05, 3.63) is 29.8 Å². The molecule has 4 amide bonds. The minimum absolute atomic E-state index is 0.0676. The van der Waals surface area contributed by atoms with Crippen LogP contribution in [-0.4, -0.2) is 53.2 Å². The van der Waals surface area contributed by atoms with Crippen LogP contribution in [0.5, 0.6) is 0 Å². The number of amides is 4. The van der Waals surface area contributed by atoms with Crippen molar-refractivity contribution in [1.82, 2.24) is 10.2 Å². The topological polar surface area (TPSA) is 86.8 Å². The van der Waals surface area contributed by atoms with Gasteiger partial charge in [-0.1, -0.05) is 30.0 Å². The summed E-state index contributed by atoms with van der Waals surface area (Å²) in [5.41, 5.74) is 1.82. The highest BCUT2D eigenvalue weighted by atomic mass is 32.2. The standard InChI is InChI=1S/C16H17N3O4S/c20-13-10-24-16(23)19(13)9-7-17-14(21)15(22)18-8-3-5-11-4-1-2-6-12(11)18/h1-2,4,6H,3,5,7-10H2,(H,17,21). The predicted octanol–water partition coefficient (Wildman–Crippen LogP) is 0.777. The number of benzene rings is 1. The smallest absolute Gasteiger partial charge is 0.316 e. The number of para-hydroxylation sites is 1. The first kappa shape index (κ1) is 16.5. The minimum Gasteiger partial charge on any atom is -0.346 e. The molecule has 0 aliphatic carbocycles. The molecule has 1 aromatic rings. The van der Waals surface area contributed by atoms with Crippen molar-refractivity contribution in [2.45, 2.75) is 12.8 Å². The maximum Gasteiger partial charge on any atom is 0.316 e. The van der Waals surface area contributed by atoms with Crippen LogP contribution in [0, 0.1) is 0 Å². The summed E-state index contributed by atoms with van der Waals surface area (Å²) in [6.07, 6.45) is 1.70. The zero-order chi connectivity index (χ0) is 17.1. The number of aryl methyl sites for hydroxylation is 1. The summed E-state index contributed by atoms with van der Waals surface area (Å²) in [6.45, 7) is 0.654. The van der Waals surface area contributed by atoms with Gasteiger partial charge < -0.3 is 10.2 Å². The first-order valence-electron chi connectivity index (χ1n) is 7.72. The number of nitrogens with one attached hydrogen (secondary N) is 1. The molecule has 0 saturated carbocycles. The third-order valence-corrected chi connectivity index (χ3v) is 4.87. The Labute approximate surface area is 143 Å². The van der Waals surface area contributed by atoms with Gasteiger partial charge in [0, 0.05) is 25.3 Å². The molecular weight excluding hydrogens is 330 g/mol. The van der Waals surface area contributed by atoms with Gasteiger partial charge in [-0.15, -0.1) is 0 Å². The monoisotopic (exact) mass is 347 g/mol. The largest absolute Gasteiger partial charge is 0.346 e. The zero-order valence-corrected chi connectivity index (χ0v) is 13.8. The van der Waals surface area contributed by atoms with E-state index in [1.165, 1.54) is 4.90 Å². The molecule has 0 atom stereocenters. The number of hydrogen-bond acceptors (Lipinski definition) is 5. The van der Waals surface area contributed by atoms with Gasteiger partial charge >= 0.3 is 11.8 Å². The van der Waals surface area contributed by atoms with Gasteiger partial charge in [0.1, 0.15) is 0 Å². The van der Waals surface area contributed by atoms with Crippen LogP contribution in [0.25, 0.3) is 0 Å². The van der Waals surface area contributed by atoms with Crippen molar-refractivity contribution in [3.63, 3.8) is 0 Å². The molecular formula is C16H17N3O4S. The van der Waals surface area contributed by atoms with E-state index >= 15 is 0 Å². The van der Waals surface area contributed by atoms with Gasteiger partial charge in [0.2, 0.25) is 5.91 Å². The lowest BCUT2D eigenvalue weighted by atomic mass is 10.0. The van der Waals surface area contributed by atoms with Crippen LogP contribution in [0.4, 0.5) is 10.5 Å². The SMILES string of the molecule is O=C(NCCN1C(=O)CSC1=O)C(=O)N1CCCc2ccccc21. The Bertz CT molecular complexity index is 690. The van der Waals surface area contributed by atoms with E-state index in [0.717, 1.165) is 40.8 Å². The molecule has 1 fully saturated rings. The molecule has 1 N–H and O–H groups in total. The van der Waals surface area contributed by atoms with Crippen LogP contribution >= 0.6 is 11.8 Å². The minimum atomic E-state index is -0.724. The van der Waals surface area contributed by atoms with E-state index in [-0.39, 0.29) is 30.0 Å². The second-order valence-corrected chi connectivity index (χ2v) is 6.47. The van der Waals surface area contributed by atoms with E-state index in [2.05, 4.69) is 5.32 Å². The van der Waals surface area contributed by atoms with Crippen LogP contribution in [0.3, 0.4) is 0 Å². The van der Waals surface area contributed by atoms with E-state index in [4.69, 9.17) is 0 Å². The number of anilines is 1. The second-order valence-electron chi connectivity index (χ2n) is 5.54. The van der Waals surface area contributed by atoms with Crippen LogP contribution < -0.4 is 10.2 Å². The molecule has 1 aromatic carbocycles. The second kappa shape index (κ2) is 7.04. The Morgan fingerprint density at radius 1 is 1.21 bits per heavy atom. The van der Waals surface area contributed by atoms with E-state index < -0.39 is 11.8 Å². The molecule has 8 heteroatoms. The molecule has 2 aliphatic heterocycles. The first-order valence-corrected chi connectivity index (χ1v) is 8.71. The van der Waals surface area contributed by atoms with Crippen molar-refractivity contribution in [1.29, 1.82) is 0 Å². The molecule has 3 rings (SSSR count). The predicted molar refractivity (Wildman–Crippen MR) is 89.7 cm³/mol. The molecule has 2 aliphatic rings. The fraction of sp³-hybridized carbons (Fsp3) is 0.375. The Morgan fingerprint density at radius 3 is 2.75 bits per heavy atom. The molecule has 0 aromatic heterocycles. The number of hydrogen-bond donors (Lipinski definition) is 1. The highest BCUT2D eigenvalue weighted by Gasteiger charge is 2.30. The van der Waals surface area contributed by atoms with Crippen molar-refractivity contribution < 1.29 is 19.2 Å². The first-order chi connectivity index (χ1) is 11.6. The quantitative estimate of drug-likeness (QED) is 0.817. The highest BCUT2D eigenvalue weighted by Crippen LogP contribution is 2.26. The van der Waals surface area contributed by atoms with Crippen LogP contribution in [0.2, 0.25) is 0 Å². The van der Waals surface area contributed by atoms with Crippen LogP contribution in [-0.2, 0) is 20.8 Å². The summed E-state index contributed by atoms with van der Waals surface area (Å²) in [4.78, 5) is 50.0. The highest BCUT2D eigenvalue weighted by molar-refractivity contribution is 8.14. The summed E-state index contributed by atoms with van der Waals surface area (Å²) >= 11 is 0.943. The van der Waals surface area contributed by atoms with E-state index in [9.17, 15) is 19.2 Å². The Hall–Kier alpha value is -2.35. The maximum atomic E-state index is 12.4. The lowest BCUT2D eigenvalue weighted by Crippen LogP contribution is -2.47. The normalized spacial score (nSPS) is 17.0. The average molecular weight is 347 g/mol. The van der Waals surface area contributed by atoms with Crippen molar-refractivity contribution in [2.24, 2.45) is 0 Å². The molecule has 24 heavy (non-hydrogen) atoms. The summed E-state index contributed by atoms with van der Waals surface area (Å²) in [7, 11) is 0. The third-order valence-electron chi connectivity index (χ3n) is 4.01. The van der Waals surface area contributed by atoms with Gasteiger partial charge in [-0.3, -0.25) is 24.1 Å². The van der Waals surface area contributed by atoms with Gasteiger partial charge in [0.05, 0.1) is 5.75 Å². The Kier molecular flexibility index (Phi) is 4.84. The molecule has 0 spiro atoms. The number of carbonyl (C=O) groups is 4. The Balaban J connectivity index is 1.57. The van der Waals surface area contributed by atoms with Gasteiger partial charge in [-0.05, 0) is 24.5 Å². The van der Waals surface area contributed by atoms with Crippen molar-refractivity contribution in [2.75, 3.05) is 30.3 Å². The Morgan fingerprint density at radius 2 is 2.00 bits per heavy atom. The van der Waals surface area contributed by atoms with Crippen molar-refractivity contribution >= 4 is 40.4 Å². The van der Waals surface area contributed by atoms with Gasteiger partial charge in [-0.2, -0.15) is 0 Å². The third kappa shape index (κ3) is 3.28. The number of thioether (sulfide) groups is 1. The summed E-state index contributed by atoms with van der Waals surface area (Å²) in [5, 5.41) is 2.18. The fourth-order valence-corrected chi connectivity index (χ4v) is 3.57. The number of fused-ring (bicyclic) bond motifs is 1. The van der Waals surface area contributed by atoms with Crippen LogP contribution in [0.1, 0.15) is 12.0 Å². The number of nitrogens with zero attached hydrogens (tertiary/aromatic N) is 2. The number of carbonyl (C=O) groups excluding carboxylic acids is 4. The summed E-state index contributed by atoms with van der Waals surface area (Å²) in [6, 6.07) is 7.53. The van der Waals surface area contributed by atoms with Gasteiger partial charge in [0.25, 0.3) is 5.24 Å². The lowest BCUT2D eigenvalue weighted by molar-refractivity contribution is -0.137. The average Bonchev–Trinajstić information content (AvgIpc) is 2.92. The summed E-state index contributed by atoms with van der Waals surface area (Å²) in [5.74, 6) is -1.47. The van der Waals surface area contributed by atoms with Gasteiger partial charge in [-0.25, -0.2) is 0 Å². The van der Waals surface area contributed by atoms with Gasteiger partial charge in [0.15, 0.2) is 0 Å². The lowest BCUT2D eigenvalue weighted by Gasteiger charge is -2.28.